The molecule has 23 heavy (non-hydrogen) atoms. The van der Waals surface area contributed by atoms with Crippen molar-refractivity contribution in [2.45, 2.75) is 13.3 Å². The number of nitrogens with one attached hydrogen (secondary N) is 1. The molecule has 0 amide bonds. The molecule has 7 nitrogen and oxygen atoms in total. The van der Waals surface area contributed by atoms with Crippen molar-refractivity contribution in [3.63, 3.8) is 0 Å². The Hall–Kier alpha value is -2.74. The number of aromatic carboxylic acids is 1. The van der Waals surface area contributed by atoms with E-state index in [4.69, 9.17) is 9.84 Å². The molecule has 1 aromatic heterocycles. The number of carboxylic acid groups (broad SMARTS) is 1. The van der Waals surface area contributed by atoms with E-state index in [9.17, 15) is 9.59 Å². The first-order chi connectivity index (χ1) is 11.0. The molecule has 1 heterocycles. The lowest BCUT2D eigenvalue weighted by atomic mass is 10.1. The summed E-state index contributed by atoms with van der Waals surface area (Å²) in [5, 5.41) is 13.3. The number of anilines is 1. The van der Waals surface area contributed by atoms with Gasteiger partial charge in [-0.15, -0.1) is 0 Å². The number of nitrogens with zero attached hydrogens (tertiary/aromatic N) is 2. The molecule has 0 saturated heterocycles. The van der Waals surface area contributed by atoms with Gasteiger partial charge in [0.25, 0.3) is 0 Å². The maximum Gasteiger partial charge on any atom is 0.350 e. The van der Waals surface area contributed by atoms with Crippen molar-refractivity contribution < 1.29 is 19.4 Å². The monoisotopic (exact) mass is 333 g/mol. The molecule has 0 fully saturated rings. The van der Waals surface area contributed by atoms with Crippen LogP contribution >= 0.6 is 11.3 Å². The van der Waals surface area contributed by atoms with Crippen LogP contribution in [0.2, 0.25) is 0 Å². The standard InChI is InChI=1S/C15H15N3O4S/c1-3-11-12(14(21)22-2)23-15(17-11)18-16-8-9-4-6-10(7-5-9)13(19)20/h4-8H,3H2,1-2H3,(H,17,18)(H,19,20)/b16-8-. The van der Waals surface area contributed by atoms with Crippen molar-refractivity contribution in [1.82, 2.24) is 4.98 Å². The number of rotatable bonds is 6. The summed E-state index contributed by atoms with van der Waals surface area (Å²) in [7, 11) is 1.33. The Labute approximate surface area is 136 Å². The maximum absolute atomic E-state index is 11.6. The van der Waals surface area contributed by atoms with Gasteiger partial charge in [0.05, 0.1) is 24.6 Å². The Kier molecular flexibility index (Phi) is 5.42. The first-order valence-corrected chi connectivity index (χ1v) is 7.57. The predicted octanol–water partition coefficient (Wildman–Crippen LogP) is 2.64. The summed E-state index contributed by atoms with van der Waals surface area (Å²) in [6.45, 7) is 1.90. The van der Waals surface area contributed by atoms with Gasteiger partial charge in [-0.05, 0) is 24.1 Å². The third-order valence-corrected chi connectivity index (χ3v) is 3.92. The molecule has 8 heteroatoms. The average molecular weight is 333 g/mol. The lowest BCUT2D eigenvalue weighted by Crippen LogP contribution is -2.01. The molecule has 2 rings (SSSR count). The van der Waals surface area contributed by atoms with Crippen LogP contribution in [0.4, 0.5) is 5.13 Å². The van der Waals surface area contributed by atoms with E-state index in [1.807, 2.05) is 6.92 Å². The van der Waals surface area contributed by atoms with E-state index in [1.54, 1.807) is 12.1 Å². The zero-order valence-corrected chi connectivity index (χ0v) is 13.4. The van der Waals surface area contributed by atoms with Crippen molar-refractivity contribution in [1.29, 1.82) is 0 Å². The molecule has 1 aromatic carbocycles. The Balaban J connectivity index is 2.06. The molecular weight excluding hydrogens is 318 g/mol. The molecule has 2 N–H and O–H groups in total. The van der Waals surface area contributed by atoms with Crippen LogP contribution in [0, 0.1) is 0 Å². The van der Waals surface area contributed by atoms with Crippen molar-refractivity contribution in [2.75, 3.05) is 12.5 Å². The highest BCUT2D eigenvalue weighted by Gasteiger charge is 2.17. The number of hydrogen-bond acceptors (Lipinski definition) is 7. The van der Waals surface area contributed by atoms with Crippen LogP contribution in [-0.4, -0.2) is 35.4 Å². The second-order valence-corrected chi connectivity index (χ2v) is 5.44. The highest BCUT2D eigenvalue weighted by Crippen LogP contribution is 2.24. The van der Waals surface area contributed by atoms with Crippen LogP contribution < -0.4 is 5.43 Å². The molecule has 2 aromatic rings. The lowest BCUT2D eigenvalue weighted by molar-refractivity contribution is 0.0604. The summed E-state index contributed by atoms with van der Waals surface area (Å²) in [4.78, 5) is 27.1. The zero-order chi connectivity index (χ0) is 16.8. The van der Waals surface area contributed by atoms with Gasteiger partial charge in [-0.2, -0.15) is 5.10 Å². The topological polar surface area (TPSA) is 101 Å². The molecule has 0 atom stereocenters. The molecule has 0 aliphatic carbocycles. The average Bonchev–Trinajstić information content (AvgIpc) is 2.98. The van der Waals surface area contributed by atoms with Crippen molar-refractivity contribution >= 4 is 34.6 Å². The minimum atomic E-state index is -0.975. The second kappa shape index (κ2) is 7.50. The molecule has 0 spiro atoms. The third kappa shape index (κ3) is 4.13. The van der Waals surface area contributed by atoms with Crippen molar-refractivity contribution in [3.05, 3.63) is 46.0 Å². The van der Waals surface area contributed by atoms with Gasteiger partial charge in [0, 0.05) is 0 Å². The molecular formula is C15H15N3O4S. The smallest absolute Gasteiger partial charge is 0.350 e. The number of carboxylic acids is 1. The molecule has 0 aliphatic heterocycles. The summed E-state index contributed by atoms with van der Waals surface area (Å²) in [6.07, 6.45) is 2.15. The molecule has 0 saturated carbocycles. The van der Waals surface area contributed by atoms with Gasteiger partial charge in [0.2, 0.25) is 5.13 Å². The van der Waals surface area contributed by atoms with Crippen LogP contribution in [-0.2, 0) is 11.2 Å². The third-order valence-electron chi connectivity index (χ3n) is 2.93. The number of benzene rings is 1. The molecule has 0 unspecified atom stereocenters. The van der Waals surface area contributed by atoms with Gasteiger partial charge < -0.3 is 9.84 Å². The number of aromatic nitrogens is 1. The highest BCUT2D eigenvalue weighted by molar-refractivity contribution is 7.17. The number of ether oxygens (including phenoxy) is 1. The largest absolute Gasteiger partial charge is 0.478 e. The fraction of sp³-hybridized carbons (Fsp3) is 0.200. The van der Waals surface area contributed by atoms with Crippen LogP contribution in [0.25, 0.3) is 0 Å². The van der Waals surface area contributed by atoms with E-state index in [0.29, 0.717) is 22.1 Å². The molecule has 0 bridgehead atoms. The summed E-state index contributed by atoms with van der Waals surface area (Å²) in [5.41, 5.74) is 4.37. The van der Waals surface area contributed by atoms with Gasteiger partial charge in [-0.1, -0.05) is 30.4 Å². The summed E-state index contributed by atoms with van der Waals surface area (Å²) in [6, 6.07) is 6.29. The van der Waals surface area contributed by atoms with E-state index in [1.165, 1.54) is 36.8 Å². The van der Waals surface area contributed by atoms with E-state index >= 15 is 0 Å². The zero-order valence-electron chi connectivity index (χ0n) is 12.6. The van der Waals surface area contributed by atoms with Crippen molar-refractivity contribution in [2.24, 2.45) is 5.10 Å². The fourth-order valence-electron chi connectivity index (χ4n) is 1.77. The minimum absolute atomic E-state index is 0.213. The SMILES string of the molecule is CCc1nc(N/N=C\c2ccc(C(=O)O)cc2)sc1C(=O)OC. The number of methoxy groups -OCH3 is 1. The molecule has 0 aliphatic rings. The number of thiazole rings is 1. The van der Waals surface area contributed by atoms with E-state index < -0.39 is 11.9 Å². The van der Waals surface area contributed by atoms with E-state index in [-0.39, 0.29) is 5.56 Å². The maximum atomic E-state index is 11.6. The summed E-state index contributed by atoms with van der Waals surface area (Å²) < 4.78 is 4.71. The highest BCUT2D eigenvalue weighted by atomic mass is 32.1. The Morgan fingerprint density at radius 3 is 2.65 bits per heavy atom. The first kappa shape index (κ1) is 16.6. The van der Waals surface area contributed by atoms with Gasteiger partial charge in [0.15, 0.2) is 0 Å². The van der Waals surface area contributed by atoms with Crippen LogP contribution in [0.5, 0.6) is 0 Å². The summed E-state index contributed by atoms with van der Waals surface area (Å²) in [5.74, 6) is -1.39. The number of carbonyl (C=O) groups excluding carboxylic acids is 1. The van der Waals surface area contributed by atoms with Gasteiger partial charge >= 0.3 is 11.9 Å². The number of hydrazone groups is 1. The van der Waals surface area contributed by atoms with E-state index in [2.05, 4.69) is 15.5 Å². The Bertz CT molecular complexity index is 738. The Morgan fingerprint density at radius 2 is 2.09 bits per heavy atom. The van der Waals surface area contributed by atoms with Crippen molar-refractivity contribution in [3.8, 4) is 0 Å². The minimum Gasteiger partial charge on any atom is -0.478 e. The number of aryl methyl sites for hydroxylation is 1. The van der Waals surface area contributed by atoms with Crippen LogP contribution in [0.3, 0.4) is 0 Å². The van der Waals surface area contributed by atoms with Gasteiger partial charge in [0.1, 0.15) is 4.88 Å². The lowest BCUT2D eigenvalue weighted by Gasteiger charge is -1.96. The number of hydrogen-bond donors (Lipinski definition) is 2. The Morgan fingerprint density at radius 1 is 1.39 bits per heavy atom. The first-order valence-electron chi connectivity index (χ1n) is 6.75. The normalized spacial score (nSPS) is 10.7. The van der Waals surface area contributed by atoms with E-state index in [0.717, 1.165) is 5.56 Å². The summed E-state index contributed by atoms with van der Waals surface area (Å²) >= 11 is 1.17. The molecule has 120 valence electrons. The van der Waals surface area contributed by atoms with Gasteiger partial charge in [-0.25, -0.2) is 14.6 Å². The molecule has 0 radical (unpaired) electrons. The fourth-order valence-corrected chi connectivity index (χ4v) is 2.69. The number of carbonyl (C=O) groups is 2. The van der Waals surface area contributed by atoms with Gasteiger partial charge in [-0.3, -0.25) is 5.43 Å². The predicted molar refractivity (Wildman–Crippen MR) is 87.4 cm³/mol. The number of esters is 1. The van der Waals surface area contributed by atoms with Crippen LogP contribution in [0.15, 0.2) is 29.4 Å². The second-order valence-electron chi connectivity index (χ2n) is 4.44. The van der Waals surface area contributed by atoms with Crippen LogP contribution in [0.1, 0.15) is 38.2 Å². The quantitative estimate of drug-likeness (QED) is 0.479.